The number of Topliss-reactive ketones (excluding diaryl/α,β-unsaturated/α-hetero) is 1. The average Bonchev–Trinajstić information content (AvgIpc) is 3.33. The molecule has 3 aromatic rings. The first-order valence-corrected chi connectivity index (χ1v) is 12.4. The summed E-state index contributed by atoms with van der Waals surface area (Å²) >= 11 is 0. The standard InChI is InChI=1S/C29H30N4O3/c1-20(34)21-9-12-25(13-10-21)30-28(35)32-16-5-8-26(19-32)31-29(36)33-17-15-24-18-23(11-14-27(24)33)22-6-3-2-4-7-22/h2-4,6-7,9-14,18,26H,5,8,15-17,19H2,1H3,(H,30,35)(H,31,36). The number of hydrogen-bond acceptors (Lipinski definition) is 3. The predicted molar refractivity (Wildman–Crippen MR) is 142 cm³/mol. The summed E-state index contributed by atoms with van der Waals surface area (Å²) in [6.45, 7) is 3.25. The summed E-state index contributed by atoms with van der Waals surface area (Å²) < 4.78 is 0. The highest BCUT2D eigenvalue weighted by Gasteiger charge is 2.29. The molecule has 2 N–H and O–H groups in total. The van der Waals surface area contributed by atoms with Crippen molar-refractivity contribution >= 4 is 29.2 Å². The van der Waals surface area contributed by atoms with Crippen LogP contribution in [0.15, 0.2) is 72.8 Å². The topological polar surface area (TPSA) is 81.8 Å². The number of fused-ring (bicyclic) bond motifs is 1. The number of nitrogens with zero attached hydrogens (tertiary/aromatic N) is 2. The Kier molecular flexibility index (Phi) is 6.71. The van der Waals surface area contributed by atoms with Crippen molar-refractivity contribution in [3.8, 4) is 11.1 Å². The quantitative estimate of drug-likeness (QED) is 0.494. The van der Waals surface area contributed by atoms with E-state index in [-0.39, 0.29) is 23.9 Å². The molecule has 2 aliphatic heterocycles. The van der Waals surface area contributed by atoms with Gasteiger partial charge in [0.2, 0.25) is 0 Å². The van der Waals surface area contributed by atoms with Crippen LogP contribution in [-0.2, 0) is 6.42 Å². The molecule has 184 valence electrons. The number of piperidine rings is 1. The second-order valence-corrected chi connectivity index (χ2v) is 9.41. The minimum atomic E-state index is -0.204. The van der Waals surface area contributed by atoms with E-state index in [4.69, 9.17) is 0 Å². The van der Waals surface area contributed by atoms with Crippen molar-refractivity contribution < 1.29 is 14.4 Å². The van der Waals surface area contributed by atoms with Gasteiger partial charge in [-0.15, -0.1) is 0 Å². The Morgan fingerprint density at radius 3 is 2.39 bits per heavy atom. The molecule has 3 aromatic carbocycles. The van der Waals surface area contributed by atoms with E-state index in [1.807, 2.05) is 24.3 Å². The van der Waals surface area contributed by atoms with Gasteiger partial charge in [-0.1, -0.05) is 36.4 Å². The second kappa shape index (κ2) is 10.2. The molecule has 1 unspecified atom stereocenters. The monoisotopic (exact) mass is 482 g/mol. The van der Waals surface area contributed by atoms with E-state index in [0.29, 0.717) is 30.9 Å². The van der Waals surface area contributed by atoms with Crippen LogP contribution in [0.5, 0.6) is 0 Å². The molecule has 7 heteroatoms. The molecule has 0 radical (unpaired) electrons. The highest BCUT2D eigenvalue weighted by molar-refractivity contribution is 5.96. The summed E-state index contributed by atoms with van der Waals surface area (Å²) in [5, 5.41) is 6.04. The fraction of sp³-hybridized carbons (Fsp3) is 0.276. The van der Waals surface area contributed by atoms with E-state index < -0.39 is 0 Å². The van der Waals surface area contributed by atoms with Crippen molar-refractivity contribution in [1.29, 1.82) is 0 Å². The summed E-state index contributed by atoms with van der Waals surface area (Å²) in [4.78, 5) is 41.0. The number of anilines is 2. The molecular weight excluding hydrogens is 452 g/mol. The number of likely N-dealkylation sites (tertiary alicyclic amines) is 1. The molecule has 0 spiro atoms. The van der Waals surface area contributed by atoms with Gasteiger partial charge < -0.3 is 15.5 Å². The van der Waals surface area contributed by atoms with Gasteiger partial charge in [0.15, 0.2) is 5.78 Å². The third-order valence-electron chi connectivity index (χ3n) is 6.91. The molecule has 5 rings (SSSR count). The number of benzene rings is 3. The van der Waals surface area contributed by atoms with Crippen LogP contribution in [-0.4, -0.2) is 48.4 Å². The Labute approximate surface area is 211 Å². The molecule has 1 atom stereocenters. The number of rotatable bonds is 4. The van der Waals surface area contributed by atoms with E-state index in [2.05, 4.69) is 34.9 Å². The molecule has 0 bridgehead atoms. The van der Waals surface area contributed by atoms with Gasteiger partial charge in [-0.2, -0.15) is 0 Å². The zero-order valence-electron chi connectivity index (χ0n) is 20.4. The summed E-state index contributed by atoms with van der Waals surface area (Å²) in [6, 6.07) is 22.9. The van der Waals surface area contributed by atoms with Crippen molar-refractivity contribution in [2.75, 3.05) is 29.9 Å². The third kappa shape index (κ3) is 5.10. The van der Waals surface area contributed by atoms with E-state index in [9.17, 15) is 14.4 Å². The van der Waals surface area contributed by atoms with Gasteiger partial charge in [-0.05, 0) is 79.3 Å². The Bertz CT molecular complexity index is 1270. The van der Waals surface area contributed by atoms with Crippen molar-refractivity contribution in [3.05, 3.63) is 83.9 Å². The smallest absolute Gasteiger partial charge is 0.322 e. The maximum absolute atomic E-state index is 13.2. The summed E-state index contributed by atoms with van der Waals surface area (Å²) in [5.74, 6) is -0.0141. The molecule has 1 saturated heterocycles. The van der Waals surface area contributed by atoms with Crippen LogP contribution in [0.1, 0.15) is 35.7 Å². The second-order valence-electron chi connectivity index (χ2n) is 9.41. The molecule has 2 heterocycles. The zero-order valence-corrected chi connectivity index (χ0v) is 20.4. The van der Waals surface area contributed by atoms with Gasteiger partial charge in [0.05, 0.1) is 0 Å². The Morgan fingerprint density at radius 2 is 1.64 bits per heavy atom. The number of carbonyl (C=O) groups excluding carboxylic acids is 3. The van der Waals surface area contributed by atoms with Gasteiger partial charge >= 0.3 is 12.1 Å². The fourth-order valence-electron chi connectivity index (χ4n) is 4.95. The largest absolute Gasteiger partial charge is 0.333 e. The summed E-state index contributed by atoms with van der Waals surface area (Å²) in [7, 11) is 0. The number of ketones is 1. The SMILES string of the molecule is CC(=O)c1ccc(NC(=O)N2CCCC(NC(=O)N3CCc4cc(-c5ccccc5)ccc43)C2)cc1. The van der Waals surface area contributed by atoms with Crippen LogP contribution < -0.4 is 15.5 Å². The maximum atomic E-state index is 13.2. The number of amides is 4. The lowest BCUT2D eigenvalue weighted by atomic mass is 10.0. The van der Waals surface area contributed by atoms with E-state index in [0.717, 1.165) is 30.5 Å². The number of nitrogens with one attached hydrogen (secondary N) is 2. The van der Waals surface area contributed by atoms with Gasteiger partial charge in [-0.3, -0.25) is 9.69 Å². The molecule has 0 aliphatic carbocycles. The van der Waals surface area contributed by atoms with Crippen LogP contribution in [0.3, 0.4) is 0 Å². The van der Waals surface area contributed by atoms with Crippen LogP contribution in [0, 0.1) is 0 Å². The molecule has 2 aliphatic rings. The van der Waals surface area contributed by atoms with Gasteiger partial charge in [-0.25, -0.2) is 9.59 Å². The van der Waals surface area contributed by atoms with E-state index in [1.54, 1.807) is 34.1 Å². The molecule has 36 heavy (non-hydrogen) atoms. The Hall–Kier alpha value is -4.13. The van der Waals surface area contributed by atoms with Crippen LogP contribution in [0.25, 0.3) is 11.1 Å². The van der Waals surface area contributed by atoms with Gasteiger partial charge in [0.25, 0.3) is 0 Å². The third-order valence-corrected chi connectivity index (χ3v) is 6.91. The van der Waals surface area contributed by atoms with E-state index >= 15 is 0 Å². The number of urea groups is 2. The number of hydrogen-bond donors (Lipinski definition) is 2. The Morgan fingerprint density at radius 1 is 0.861 bits per heavy atom. The van der Waals surface area contributed by atoms with Crippen molar-refractivity contribution in [2.45, 2.75) is 32.2 Å². The first-order chi connectivity index (χ1) is 17.5. The lowest BCUT2D eigenvalue weighted by Gasteiger charge is -2.34. The first-order valence-electron chi connectivity index (χ1n) is 12.4. The fourth-order valence-corrected chi connectivity index (χ4v) is 4.95. The molecule has 4 amide bonds. The highest BCUT2D eigenvalue weighted by Crippen LogP contribution is 2.32. The molecular formula is C29H30N4O3. The normalized spacial score (nSPS) is 16.9. The number of carbonyl (C=O) groups is 3. The first kappa shape index (κ1) is 23.6. The van der Waals surface area contributed by atoms with Crippen LogP contribution in [0.4, 0.5) is 21.0 Å². The molecule has 1 fully saturated rings. The lowest BCUT2D eigenvalue weighted by molar-refractivity contribution is 0.101. The van der Waals surface area contributed by atoms with Crippen molar-refractivity contribution in [2.24, 2.45) is 0 Å². The summed E-state index contributed by atoms with van der Waals surface area (Å²) in [6.07, 6.45) is 2.47. The molecule has 7 nitrogen and oxygen atoms in total. The van der Waals surface area contributed by atoms with E-state index in [1.165, 1.54) is 18.1 Å². The van der Waals surface area contributed by atoms with Gasteiger partial charge in [0, 0.05) is 42.6 Å². The van der Waals surface area contributed by atoms with Crippen LogP contribution >= 0.6 is 0 Å². The minimum Gasteiger partial charge on any atom is -0.333 e. The molecule has 0 aromatic heterocycles. The maximum Gasteiger partial charge on any atom is 0.322 e. The van der Waals surface area contributed by atoms with Gasteiger partial charge in [0.1, 0.15) is 0 Å². The van der Waals surface area contributed by atoms with Crippen LogP contribution in [0.2, 0.25) is 0 Å². The molecule has 0 saturated carbocycles. The Balaban J connectivity index is 1.19. The summed E-state index contributed by atoms with van der Waals surface area (Å²) in [5.41, 5.74) is 5.69. The predicted octanol–water partition coefficient (Wildman–Crippen LogP) is 5.32. The minimum absolute atomic E-state index is 0.0141. The highest BCUT2D eigenvalue weighted by atomic mass is 16.2. The average molecular weight is 483 g/mol. The lowest BCUT2D eigenvalue weighted by Crippen LogP contribution is -2.53. The van der Waals surface area contributed by atoms with Crippen molar-refractivity contribution in [3.63, 3.8) is 0 Å². The van der Waals surface area contributed by atoms with Crippen molar-refractivity contribution in [1.82, 2.24) is 10.2 Å². The zero-order chi connectivity index (χ0) is 25.1.